The van der Waals surface area contributed by atoms with Crippen LogP contribution in [-0.2, 0) is 0 Å². The molecule has 7 N–H and O–H groups in total. The van der Waals surface area contributed by atoms with Gasteiger partial charge in [-0.3, -0.25) is 5.41 Å². The van der Waals surface area contributed by atoms with Crippen molar-refractivity contribution in [2.75, 3.05) is 0 Å². The molecule has 0 aromatic carbocycles. The van der Waals surface area contributed by atoms with Crippen LogP contribution in [0, 0.1) is 15.5 Å². The van der Waals surface area contributed by atoms with Crippen LogP contribution in [0.5, 0.6) is 0 Å². The number of rotatable bonds is 0. The molecule has 0 aliphatic heterocycles. The highest BCUT2D eigenvalue weighted by molar-refractivity contribution is 5.71. The first-order valence-corrected chi connectivity index (χ1v) is 2.82. The Morgan fingerprint density at radius 2 is 2.08 bits per heavy atom. The van der Waals surface area contributed by atoms with Crippen molar-refractivity contribution < 1.29 is 10.3 Å². The molecule has 1 heterocycles. The molecule has 0 aliphatic carbocycles. The molecule has 0 bridgehead atoms. The third-order valence-electron chi connectivity index (χ3n) is 0.406. The predicted molar refractivity (Wildman–Crippen MR) is 43.5 cm³/mol. The van der Waals surface area contributed by atoms with Crippen LogP contribution < -0.4 is 11.5 Å². The largest absolute Gasteiger partial charge is 0.370 e. The SMILES string of the molecule is N=C(N)N.O=[N+]([O-])O.c1c[nH]cn1. The molecule has 9 heteroatoms. The summed E-state index contributed by atoms with van der Waals surface area (Å²) in [5.41, 5.74) is 8.94. The van der Waals surface area contributed by atoms with Crippen LogP contribution in [0.4, 0.5) is 0 Å². The summed E-state index contributed by atoms with van der Waals surface area (Å²) in [7, 11) is 0. The van der Waals surface area contributed by atoms with Gasteiger partial charge in [-0.05, 0) is 0 Å². The van der Waals surface area contributed by atoms with Gasteiger partial charge in [0.15, 0.2) is 5.96 Å². The minimum absolute atomic E-state index is 0.333. The standard InChI is InChI=1S/C3H4N2.CH5N3.HNO3/c1-2-5-3-4-1;2*2-1(3)4/h1-3H,(H,4,5);(H5,2,3,4);(H,2,3,4). The molecule has 0 aliphatic rings. The molecule has 0 spiro atoms. The Bertz CT molecular complexity index is 185. The number of aromatic nitrogens is 2. The van der Waals surface area contributed by atoms with Gasteiger partial charge >= 0.3 is 0 Å². The van der Waals surface area contributed by atoms with Crippen molar-refractivity contribution in [2.45, 2.75) is 0 Å². The average Bonchev–Trinajstić information content (AvgIpc) is 2.35. The molecule has 0 saturated carbocycles. The third-order valence-corrected chi connectivity index (χ3v) is 0.406. The van der Waals surface area contributed by atoms with Gasteiger partial charge in [0.05, 0.1) is 6.33 Å². The van der Waals surface area contributed by atoms with E-state index >= 15 is 0 Å². The maximum atomic E-state index is 8.36. The van der Waals surface area contributed by atoms with E-state index in [1.165, 1.54) is 0 Å². The van der Waals surface area contributed by atoms with Crippen LogP contribution in [0.2, 0.25) is 0 Å². The van der Waals surface area contributed by atoms with Gasteiger partial charge in [0.2, 0.25) is 0 Å². The van der Waals surface area contributed by atoms with Gasteiger partial charge in [0, 0.05) is 12.4 Å². The summed E-state index contributed by atoms with van der Waals surface area (Å²) in [5.74, 6) is -0.333. The smallest absolute Gasteiger partial charge is 0.291 e. The highest BCUT2D eigenvalue weighted by Gasteiger charge is 1.65. The van der Waals surface area contributed by atoms with Gasteiger partial charge in [-0.2, -0.15) is 0 Å². The van der Waals surface area contributed by atoms with Crippen molar-refractivity contribution in [1.29, 1.82) is 5.41 Å². The highest BCUT2D eigenvalue weighted by Crippen LogP contribution is 1.62. The Balaban J connectivity index is 0. The minimum atomic E-state index is -1.50. The lowest BCUT2D eigenvalue weighted by Crippen LogP contribution is -2.20. The first-order chi connectivity index (χ1) is 5.96. The molecule has 0 amide bonds. The maximum absolute atomic E-state index is 8.36. The molecule has 1 rings (SSSR count). The normalized spacial score (nSPS) is 6.77. The number of hydrogen-bond acceptors (Lipinski definition) is 4. The summed E-state index contributed by atoms with van der Waals surface area (Å²) < 4.78 is 0. The molecule has 13 heavy (non-hydrogen) atoms. The van der Waals surface area contributed by atoms with Crippen molar-refractivity contribution in [1.82, 2.24) is 9.97 Å². The van der Waals surface area contributed by atoms with Crippen molar-refractivity contribution in [3.8, 4) is 0 Å². The van der Waals surface area contributed by atoms with Gasteiger partial charge in [0.1, 0.15) is 0 Å². The zero-order valence-electron chi connectivity index (χ0n) is 6.54. The number of nitrogens with two attached hydrogens (primary N) is 2. The van der Waals surface area contributed by atoms with Crippen molar-refractivity contribution >= 4 is 5.96 Å². The summed E-state index contributed by atoms with van der Waals surface area (Å²) in [5, 5.41) is 19.7. The number of nitrogens with zero attached hydrogens (tertiary/aromatic N) is 2. The molecule has 74 valence electrons. The Labute approximate surface area is 73.0 Å². The molecule has 0 fully saturated rings. The molecule has 9 nitrogen and oxygen atoms in total. The van der Waals surface area contributed by atoms with Gasteiger partial charge < -0.3 is 21.7 Å². The van der Waals surface area contributed by atoms with Gasteiger partial charge in [-0.1, -0.05) is 0 Å². The Kier molecular flexibility index (Phi) is 9.89. The zero-order valence-corrected chi connectivity index (χ0v) is 6.54. The van der Waals surface area contributed by atoms with Crippen LogP contribution in [0.15, 0.2) is 18.7 Å². The second-order valence-corrected chi connectivity index (χ2v) is 1.45. The maximum Gasteiger partial charge on any atom is 0.291 e. The lowest BCUT2D eigenvalue weighted by molar-refractivity contribution is -0.742. The molecular formula is C4H10N6O3. The van der Waals surface area contributed by atoms with Crippen molar-refractivity contribution in [3.63, 3.8) is 0 Å². The quantitative estimate of drug-likeness (QED) is 0.150. The Morgan fingerprint density at radius 3 is 2.15 bits per heavy atom. The molecule has 1 aromatic rings. The van der Waals surface area contributed by atoms with E-state index < -0.39 is 5.09 Å². The molecule has 0 radical (unpaired) electrons. The van der Waals surface area contributed by atoms with E-state index in [-0.39, 0.29) is 5.96 Å². The molecule has 1 aromatic heterocycles. The lowest BCUT2D eigenvalue weighted by Gasteiger charge is -1.69. The van der Waals surface area contributed by atoms with E-state index in [0.29, 0.717) is 0 Å². The summed E-state index contributed by atoms with van der Waals surface area (Å²) >= 11 is 0. The molecule has 0 atom stereocenters. The summed E-state index contributed by atoms with van der Waals surface area (Å²) in [6, 6.07) is 0. The van der Waals surface area contributed by atoms with Crippen LogP contribution in [-0.4, -0.2) is 26.2 Å². The van der Waals surface area contributed by atoms with Crippen LogP contribution in [0.3, 0.4) is 0 Å². The Morgan fingerprint density at radius 1 is 1.69 bits per heavy atom. The van der Waals surface area contributed by atoms with Crippen molar-refractivity contribution in [3.05, 3.63) is 28.8 Å². The lowest BCUT2D eigenvalue weighted by atomic mass is 11.0. The van der Waals surface area contributed by atoms with Gasteiger partial charge in [0.25, 0.3) is 5.09 Å². The molecule has 0 saturated heterocycles. The molecule has 0 unspecified atom stereocenters. The van der Waals surface area contributed by atoms with E-state index in [4.69, 9.17) is 20.7 Å². The molecular weight excluding hydrogens is 180 g/mol. The van der Waals surface area contributed by atoms with E-state index in [1.54, 1.807) is 18.7 Å². The van der Waals surface area contributed by atoms with Crippen LogP contribution >= 0.6 is 0 Å². The summed E-state index contributed by atoms with van der Waals surface area (Å²) in [4.78, 5) is 14.8. The fourth-order valence-corrected chi connectivity index (χ4v) is 0.215. The fraction of sp³-hybridized carbons (Fsp3) is 0. The first kappa shape index (κ1) is 13.3. The number of imidazole rings is 1. The summed E-state index contributed by atoms with van der Waals surface area (Å²) in [6.07, 6.45) is 5.08. The third kappa shape index (κ3) is 79.5. The van der Waals surface area contributed by atoms with Gasteiger partial charge in [-0.15, -0.1) is 10.1 Å². The van der Waals surface area contributed by atoms with E-state index in [1.807, 2.05) is 0 Å². The topological polar surface area (TPSA) is 168 Å². The first-order valence-electron chi connectivity index (χ1n) is 2.82. The second kappa shape index (κ2) is 9.68. The minimum Gasteiger partial charge on any atom is -0.370 e. The Hall–Kier alpha value is -2.32. The summed E-state index contributed by atoms with van der Waals surface area (Å²) in [6.45, 7) is 0. The van der Waals surface area contributed by atoms with Crippen LogP contribution in [0.25, 0.3) is 0 Å². The average molecular weight is 190 g/mol. The van der Waals surface area contributed by atoms with E-state index in [9.17, 15) is 0 Å². The van der Waals surface area contributed by atoms with Crippen molar-refractivity contribution in [2.24, 2.45) is 11.5 Å². The fourth-order valence-electron chi connectivity index (χ4n) is 0.215. The highest BCUT2D eigenvalue weighted by atomic mass is 16.9. The number of guanidine groups is 1. The number of aromatic amines is 1. The number of H-pyrrole nitrogens is 1. The monoisotopic (exact) mass is 190 g/mol. The number of nitrogens with one attached hydrogen (secondary N) is 2. The predicted octanol–water partition coefficient (Wildman–Crippen LogP) is -1.10. The van der Waals surface area contributed by atoms with Gasteiger partial charge in [-0.25, -0.2) is 4.98 Å². The van der Waals surface area contributed by atoms with Crippen LogP contribution in [0.1, 0.15) is 0 Å². The van der Waals surface area contributed by atoms with E-state index in [0.717, 1.165) is 0 Å². The second-order valence-electron chi connectivity index (χ2n) is 1.45. The van der Waals surface area contributed by atoms with E-state index in [2.05, 4.69) is 21.4 Å². The zero-order chi connectivity index (χ0) is 10.7. The number of hydrogen-bond donors (Lipinski definition) is 5.